The van der Waals surface area contributed by atoms with Crippen molar-refractivity contribution in [3.05, 3.63) is 56.5 Å². The van der Waals surface area contributed by atoms with E-state index in [9.17, 15) is 14.9 Å². The summed E-state index contributed by atoms with van der Waals surface area (Å²) < 4.78 is 11.6. The average molecular weight is 409 g/mol. The smallest absolute Gasteiger partial charge is 0.271 e. The maximum atomic E-state index is 12.1. The van der Waals surface area contributed by atoms with Crippen LogP contribution in [0.4, 0.5) is 11.4 Å². The topological polar surface area (TPSA) is 90.7 Å². The van der Waals surface area contributed by atoms with Gasteiger partial charge in [-0.05, 0) is 36.2 Å². The van der Waals surface area contributed by atoms with E-state index in [2.05, 4.69) is 21.2 Å². The quantitative estimate of drug-likeness (QED) is 0.553. The number of nitrogens with one attached hydrogen (secondary N) is 1. The van der Waals surface area contributed by atoms with Gasteiger partial charge in [-0.3, -0.25) is 14.9 Å². The third-order valence-corrected chi connectivity index (χ3v) is 3.92. The van der Waals surface area contributed by atoms with Crippen LogP contribution in [0.2, 0.25) is 0 Å². The molecule has 7 nitrogen and oxygen atoms in total. The summed E-state index contributed by atoms with van der Waals surface area (Å²) in [7, 11) is 1.42. The average Bonchev–Trinajstić information content (AvgIpc) is 2.60. The lowest BCUT2D eigenvalue weighted by Gasteiger charge is -2.12. The van der Waals surface area contributed by atoms with Gasteiger partial charge in [-0.2, -0.15) is 0 Å². The zero-order chi connectivity index (χ0) is 18.4. The Kier molecular flexibility index (Phi) is 6.35. The molecular formula is C17H17BrN2O5. The minimum absolute atomic E-state index is 0.141. The molecule has 0 aromatic heterocycles. The van der Waals surface area contributed by atoms with Gasteiger partial charge in [0, 0.05) is 16.6 Å². The van der Waals surface area contributed by atoms with E-state index >= 15 is 0 Å². The molecule has 0 radical (unpaired) electrons. The molecule has 2 rings (SSSR count). The normalized spacial score (nSPS) is 10.2. The molecule has 25 heavy (non-hydrogen) atoms. The predicted molar refractivity (Wildman–Crippen MR) is 97.3 cm³/mol. The first-order valence-electron chi connectivity index (χ1n) is 7.48. The van der Waals surface area contributed by atoms with Crippen LogP contribution in [0.25, 0.3) is 0 Å². The maximum absolute atomic E-state index is 12.1. The van der Waals surface area contributed by atoms with Crippen LogP contribution in [0.15, 0.2) is 40.9 Å². The van der Waals surface area contributed by atoms with Crippen molar-refractivity contribution in [3.8, 4) is 11.5 Å². The van der Waals surface area contributed by atoms with Gasteiger partial charge in [-0.15, -0.1) is 0 Å². The Morgan fingerprint density at radius 2 is 1.96 bits per heavy atom. The third kappa shape index (κ3) is 4.93. The second-order valence-corrected chi connectivity index (χ2v) is 6.00. The zero-order valence-corrected chi connectivity index (χ0v) is 15.3. The van der Waals surface area contributed by atoms with Crippen LogP contribution in [0.5, 0.6) is 11.5 Å². The van der Waals surface area contributed by atoms with Crippen LogP contribution in [0, 0.1) is 10.1 Å². The first-order valence-corrected chi connectivity index (χ1v) is 8.27. The molecule has 2 aromatic rings. The summed E-state index contributed by atoms with van der Waals surface area (Å²) >= 11 is 3.39. The zero-order valence-electron chi connectivity index (χ0n) is 13.7. The number of nitrogens with zero attached hydrogens (tertiary/aromatic N) is 1. The summed E-state index contributed by atoms with van der Waals surface area (Å²) in [5, 5.41) is 13.4. The second-order valence-electron chi connectivity index (χ2n) is 5.08. The monoisotopic (exact) mass is 408 g/mol. The van der Waals surface area contributed by atoms with E-state index in [1.165, 1.54) is 25.3 Å². The molecule has 0 spiro atoms. The number of hydrogen-bond donors (Lipinski definition) is 1. The van der Waals surface area contributed by atoms with Crippen molar-refractivity contribution in [3.63, 3.8) is 0 Å². The molecule has 8 heteroatoms. The fraction of sp³-hybridized carbons (Fsp3) is 0.235. The molecule has 0 saturated heterocycles. The summed E-state index contributed by atoms with van der Waals surface area (Å²) in [4.78, 5) is 22.5. The van der Waals surface area contributed by atoms with Gasteiger partial charge in [0.05, 0.1) is 17.7 Å². The van der Waals surface area contributed by atoms with E-state index in [1.807, 2.05) is 19.1 Å². The number of amides is 1. The maximum Gasteiger partial charge on any atom is 0.271 e. The van der Waals surface area contributed by atoms with Crippen molar-refractivity contribution < 1.29 is 19.2 Å². The molecule has 132 valence electrons. The van der Waals surface area contributed by atoms with E-state index in [1.54, 1.807) is 6.07 Å². The van der Waals surface area contributed by atoms with Crippen LogP contribution in [0.1, 0.15) is 12.5 Å². The van der Waals surface area contributed by atoms with Gasteiger partial charge in [-0.1, -0.05) is 22.9 Å². The highest BCUT2D eigenvalue weighted by Crippen LogP contribution is 2.29. The number of aryl methyl sites for hydroxylation is 1. The van der Waals surface area contributed by atoms with Crippen molar-refractivity contribution in [2.45, 2.75) is 13.3 Å². The molecule has 1 amide bonds. The largest absolute Gasteiger partial charge is 0.495 e. The lowest BCUT2D eigenvalue weighted by atomic mass is 10.1. The van der Waals surface area contributed by atoms with Crippen LogP contribution in [-0.2, 0) is 11.2 Å². The molecule has 0 bridgehead atoms. The third-order valence-electron chi connectivity index (χ3n) is 3.43. The molecule has 2 aromatic carbocycles. The number of ether oxygens (including phenoxy) is 2. The number of halogens is 1. The van der Waals surface area contributed by atoms with Crippen molar-refractivity contribution in [1.82, 2.24) is 0 Å². The van der Waals surface area contributed by atoms with E-state index in [4.69, 9.17) is 9.47 Å². The van der Waals surface area contributed by atoms with E-state index in [-0.39, 0.29) is 18.0 Å². The number of methoxy groups -OCH3 is 1. The molecule has 0 saturated carbocycles. The first kappa shape index (κ1) is 18.7. The van der Waals surface area contributed by atoms with E-state index in [0.717, 1.165) is 16.5 Å². The number of anilines is 1. The Labute approximate surface area is 153 Å². The fourth-order valence-corrected chi connectivity index (χ4v) is 2.61. The van der Waals surface area contributed by atoms with Gasteiger partial charge in [0.15, 0.2) is 6.61 Å². The van der Waals surface area contributed by atoms with Crippen molar-refractivity contribution >= 4 is 33.2 Å². The number of non-ortho nitro benzene ring substituents is 1. The van der Waals surface area contributed by atoms with Gasteiger partial charge < -0.3 is 14.8 Å². The summed E-state index contributed by atoms with van der Waals surface area (Å²) in [5.41, 5.74) is 1.05. The molecule has 0 unspecified atom stereocenters. The van der Waals surface area contributed by atoms with Gasteiger partial charge in [-0.25, -0.2) is 0 Å². The number of benzene rings is 2. The first-order chi connectivity index (χ1) is 11.9. The summed E-state index contributed by atoms with van der Waals surface area (Å²) in [6.45, 7) is 1.77. The van der Waals surface area contributed by atoms with Crippen molar-refractivity contribution in [2.75, 3.05) is 19.0 Å². The Balaban J connectivity index is 2.08. The predicted octanol–water partition coefficient (Wildman–Crippen LogP) is 3.95. The summed E-state index contributed by atoms with van der Waals surface area (Å²) in [6.07, 6.45) is 0.759. The second kappa shape index (κ2) is 8.48. The fourth-order valence-electron chi connectivity index (χ4n) is 2.20. The molecule has 0 aliphatic heterocycles. The van der Waals surface area contributed by atoms with E-state index in [0.29, 0.717) is 11.5 Å². The van der Waals surface area contributed by atoms with Crippen molar-refractivity contribution in [2.24, 2.45) is 0 Å². The number of hydrogen-bond acceptors (Lipinski definition) is 5. The number of carbonyl (C=O) groups excluding carboxylic acids is 1. The number of nitro benzene ring substituents is 1. The summed E-state index contributed by atoms with van der Waals surface area (Å²) in [6, 6.07) is 9.52. The van der Waals surface area contributed by atoms with Gasteiger partial charge in [0.2, 0.25) is 0 Å². The van der Waals surface area contributed by atoms with Crippen molar-refractivity contribution in [1.29, 1.82) is 0 Å². The molecular weight excluding hydrogens is 392 g/mol. The number of carbonyl (C=O) groups is 1. The lowest BCUT2D eigenvalue weighted by molar-refractivity contribution is -0.384. The Morgan fingerprint density at radius 3 is 2.60 bits per heavy atom. The molecule has 0 fully saturated rings. The number of nitro groups is 1. The van der Waals surface area contributed by atoms with Crippen LogP contribution in [0.3, 0.4) is 0 Å². The highest BCUT2D eigenvalue weighted by atomic mass is 79.9. The highest BCUT2D eigenvalue weighted by Gasteiger charge is 2.14. The van der Waals surface area contributed by atoms with Gasteiger partial charge in [0.1, 0.15) is 11.5 Å². The van der Waals surface area contributed by atoms with E-state index < -0.39 is 10.8 Å². The minimum atomic E-state index is -0.541. The minimum Gasteiger partial charge on any atom is -0.495 e. The summed E-state index contributed by atoms with van der Waals surface area (Å²) in [5.74, 6) is 0.507. The molecule has 0 heterocycles. The van der Waals surface area contributed by atoms with Crippen LogP contribution in [-0.4, -0.2) is 24.5 Å². The van der Waals surface area contributed by atoms with Gasteiger partial charge >= 0.3 is 0 Å². The Morgan fingerprint density at radius 1 is 1.24 bits per heavy atom. The Bertz CT molecular complexity index is 795. The van der Waals surface area contributed by atoms with Gasteiger partial charge in [0.25, 0.3) is 11.6 Å². The Hall–Kier alpha value is -2.61. The number of rotatable bonds is 7. The van der Waals surface area contributed by atoms with Crippen LogP contribution < -0.4 is 14.8 Å². The molecule has 0 atom stereocenters. The van der Waals surface area contributed by atoms with Crippen LogP contribution >= 0.6 is 15.9 Å². The molecule has 0 aliphatic carbocycles. The molecule has 1 N–H and O–H groups in total. The lowest BCUT2D eigenvalue weighted by Crippen LogP contribution is -2.21. The SMILES string of the molecule is CCc1cc(Br)ccc1OCC(=O)Nc1cc([N+](=O)[O-])ccc1OC. The molecule has 0 aliphatic rings. The standard InChI is InChI=1S/C17H17BrN2O5/c1-3-11-8-12(18)4-6-15(11)25-10-17(21)19-14-9-13(20(22)23)5-7-16(14)24-2/h4-9H,3,10H2,1-2H3,(H,19,21). The highest BCUT2D eigenvalue weighted by molar-refractivity contribution is 9.10.